The van der Waals surface area contributed by atoms with Crippen molar-refractivity contribution >= 4 is 0 Å². The van der Waals surface area contributed by atoms with Crippen molar-refractivity contribution in [2.45, 2.75) is 97.0 Å². The van der Waals surface area contributed by atoms with Crippen LogP contribution in [0.3, 0.4) is 0 Å². The van der Waals surface area contributed by atoms with E-state index in [1.807, 2.05) is 0 Å². The predicted octanol–water partition coefficient (Wildman–Crippen LogP) is 8.61. The lowest BCUT2D eigenvalue weighted by molar-refractivity contribution is 0.148. The van der Waals surface area contributed by atoms with Gasteiger partial charge in [-0.2, -0.15) is 0 Å². The van der Waals surface area contributed by atoms with Crippen LogP contribution in [0.25, 0.3) is 0 Å². The lowest BCUT2D eigenvalue weighted by Gasteiger charge is -2.38. The average Bonchev–Trinajstić information content (AvgIpc) is 2.80. The van der Waals surface area contributed by atoms with Gasteiger partial charge in [-0.3, -0.25) is 0 Å². The molecule has 0 bridgehead atoms. The highest BCUT2D eigenvalue weighted by atomic mass is 16.5. The lowest BCUT2D eigenvalue weighted by Crippen LogP contribution is -2.25. The van der Waals surface area contributed by atoms with Crippen molar-refractivity contribution in [1.29, 1.82) is 0 Å². The van der Waals surface area contributed by atoms with Gasteiger partial charge in [-0.05, 0) is 99.5 Å². The summed E-state index contributed by atoms with van der Waals surface area (Å²) in [7, 11) is 0. The molecule has 2 aliphatic carbocycles. The summed E-state index contributed by atoms with van der Waals surface area (Å²) in [6.45, 7) is 5.74. The topological polar surface area (TPSA) is 9.23 Å². The highest BCUT2D eigenvalue weighted by molar-refractivity contribution is 5.25. The van der Waals surface area contributed by atoms with Crippen LogP contribution >= 0.6 is 0 Å². The molecule has 0 spiro atoms. The van der Waals surface area contributed by atoms with E-state index in [0.717, 1.165) is 43.3 Å². The molecule has 30 heavy (non-hydrogen) atoms. The van der Waals surface area contributed by atoms with Crippen molar-refractivity contribution in [2.75, 3.05) is 6.61 Å². The van der Waals surface area contributed by atoms with Crippen molar-refractivity contribution in [1.82, 2.24) is 0 Å². The zero-order valence-corrected chi connectivity index (χ0v) is 19.5. The highest BCUT2D eigenvalue weighted by Gasteiger charge is 2.31. The standard InChI is InChI=1S/C29H44O/c1-3-5-7-9-24-10-14-26(15-11-24)28-18-20-29(21-19-28)27-16-12-25(13-17-27)23-30-22-8-6-4-2/h3,5-6,8,12-13,16-17,24,26,28-29H,4,7,9-11,14-15,18-23H2,1-2H3/b5-3+,8-6+. The molecule has 2 saturated carbocycles. The summed E-state index contributed by atoms with van der Waals surface area (Å²) in [6.07, 6.45) is 24.3. The number of rotatable bonds is 10. The number of ether oxygens (including phenoxy) is 1. The molecule has 166 valence electrons. The Bertz CT molecular complexity index is 625. The number of hydrogen-bond donors (Lipinski definition) is 0. The Morgan fingerprint density at radius 1 is 0.833 bits per heavy atom. The molecule has 0 amide bonds. The second-order valence-electron chi connectivity index (χ2n) is 9.68. The molecule has 0 radical (unpaired) electrons. The maximum absolute atomic E-state index is 5.73. The van der Waals surface area contributed by atoms with E-state index in [2.05, 4.69) is 62.4 Å². The van der Waals surface area contributed by atoms with Crippen molar-refractivity contribution in [3.63, 3.8) is 0 Å². The molecule has 2 fully saturated rings. The second-order valence-corrected chi connectivity index (χ2v) is 9.68. The van der Waals surface area contributed by atoms with E-state index in [1.54, 1.807) is 5.56 Å². The van der Waals surface area contributed by atoms with Crippen molar-refractivity contribution in [2.24, 2.45) is 17.8 Å². The van der Waals surface area contributed by atoms with Crippen molar-refractivity contribution in [3.05, 3.63) is 59.7 Å². The normalized spacial score (nSPS) is 27.8. The van der Waals surface area contributed by atoms with Crippen LogP contribution in [0.1, 0.15) is 102 Å². The highest BCUT2D eigenvalue weighted by Crippen LogP contribution is 2.44. The van der Waals surface area contributed by atoms with Crippen LogP contribution in [0.5, 0.6) is 0 Å². The number of hydrogen-bond acceptors (Lipinski definition) is 1. The molecule has 1 aromatic rings. The summed E-state index contributed by atoms with van der Waals surface area (Å²) >= 11 is 0. The molecule has 1 nitrogen and oxygen atoms in total. The van der Waals surface area contributed by atoms with Gasteiger partial charge in [-0.15, -0.1) is 0 Å². The van der Waals surface area contributed by atoms with Crippen LogP contribution in [-0.2, 0) is 11.3 Å². The van der Waals surface area contributed by atoms with Gasteiger partial charge in [0.15, 0.2) is 0 Å². The van der Waals surface area contributed by atoms with Gasteiger partial charge < -0.3 is 4.74 Å². The molecule has 0 aliphatic heterocycles. The minimum absolute atomic E-state index is 0.720. The van der Waals surface area contributed by atoms with Gasteiger partial charge in [0, 0.05) is 0 Å². The van der Waals surface area contributed by atoms with Crippen LogP contribution in [0.15, 0.2) is 48.6 Å². The van der Waals surface area contributed by atoms with Gasteiger partial charge in [-0.25, -0.2) is 0 Å². The zero-order chi connectivity index (χ0) is 21.0. The van der Waals surface area contributed by atoms with E-state index in [4.69, 9.17) is 4.74 Å². The molecule has 0 aromatic heterocycles. The first-order chi connectivity index (χ1) is 14.8. The molecule has 1 aromatic carbocycles. The van der Waals surface area contributed by atoms with Gasteiger partial charge in [0.05, 0.1) is 13.2 Å². The Labute approximate surface area is 186 Å². The first-order valence-electron chi connectivity index (χ1n) is 12.7. The van der Waals surface area contributed by atoms with Crippen LogP contribution in [0.4, 0.5) is 0 Å². The molecular weight excluding hydrogens is 364 g/mol. The average molecular weight is 409 g/mol. The van der Waals surface area contributed by atoms with Gasteiger partial charge in [0.1, 0.15) is 0 Å². The Kier molecular flexibility index (Phi) is 10.2. The fourth-order valence-electron chi connectivity index (χ4n) is 5.74. The third-order valence-electron chi connectivity index (χ3n) is 7.64. The Balaban J connectivity index is 1.36. The third kappa shape index (κ3) is 7.41. The molecule has 0 atom stereocenters. The van der Waals surface area contributed by atoms with Crippen LogP contribution in [0, 0.1) is 17.8 Å². The summed E-state index contributed by atoms with van der Waals surface area (Å²) in [4.78, 5) is 0. The number of allylic oxidation sites excluding steroid dienone is 3. The van der Waals surface area contributed by atoms with E-state index >= 15 is 0 Å². The third-order valence-corrected chi connectivity index (χ3v) is 7.64. The summed E-state index contributed by atoms with van der Waals surface area (Å²) in [5.74, 6) is 3.80. The lowest BCUT2D eigenvalue weighted by atomic mass is 9.68. The quantitative estimate of drug-likeness (QED) is 0.278. The van der Waals surface area contributed by atoms with Gasteiger partial charge in [-0.1, -0.05) is 68.3 Å². The van der Waals surface area contributed by atoms with Crippen LogP contribution in [-0.4, -0.2) is 6.61 Å². The van der Waals surface area contributed by atoms with Crippen LogP contribution in [0.2, 0.25) is 0 Å². The second kappa shape index (κ2) is 13.2. The molecule has 0 N–H and O–H groups in total. The maximum Gasteiger partial charge on any atom is 0.0721 e. The molecule has 0 heterocycles. The monoisotopic (exact) mass is 408 g/mol. The zero-order valence-electron chi connectivity index (χ0n) is 19.5. The summed E-state index contributed by atoms with van der Waals surface area (Å²) in [6, 6.07) is 9.28. The first-order valence-corrected chi connectivity index (χ1v) is 12.7. The van der Waals surface area contributed by atoms with E-state index in [-0.39, 0.29) is 0 Å². The van der Waals surface area contributed by atoms with E-state index in [0.29, 0.717) is 0 Å². The van der Waals surface area contributed by atoms with Gasteiger partial charge >= 0.3 is 0 Å². The summed E-state index contributed by atoms with van der Waals surface area (Å²) in [5.41, 5.74) is 2.85. The van der Waals surface area contributed by atoms with Crippen LogP contribution < -0.4 is 0 Å². The summed E-state index contributed by atoms with van der Waals surface area (Å²) < 4.78 is 5.73. The van der Waals surface area contributed by atoms with Gasteiger partial charge in [0.25, 0.3) is 0 Å². The smallest absolute Gasteiger partial charge is 0.0721 e. The predicted molar refractivity (Wildman–Crippen MR) is 130 cm³/mol. The maximum atomic E-state index is 5.73. The Hall–Kier alpha value is -1.34. The Morgan fingerprint density at radius 3 is 2.13 bits per heavy atom. The van der Waals surface area contributed by atoms with E-state index in [1.165, 1.54) is 69.8 Å². The fourth-order valence-corrected chi connectivity index (χ4v) is 5.74. The van der Waals surface area contributed by atoms with Crippen molar-refractivity contribution < 1.29 is 4.74 Å². The molecule has 1 heteroatoms. The molecule has 0 saturated heterocycles. The minimum Gasteiger partial charge on any atom is -0.373 e. The molecule has 3 rings (SSSR count). The SMILES string of the molecule is C/C=C/CCC1CCC(C2CCC(c3ccc(COC/C=C/CC)cc3)CC2)CC1. The fraction of sp³-hybridized carbons (Fsp3) is 0.655. The van der Waals surface area contributed by atoms with Crippen molar-refractivity contribution in [3.8, 4) is 0 Å². The molecule has 0 unspecified atom stereocenters. The molecule has 2 aliphatic rings. The minimum atomic E-state index is 0.720. The summed E-state index contributed by atoms with van der Waals surface area (Å²) in [5, 5.41) is 0. The first kappa shape index (κ1) is 23.3. The number of benzene rings is 1. The Morgan fingerprint density at radius 2 is 1.50 bits per heavy atom. The largest absolute Gasteiger partial charge is 0.373 e. The van der Waals surface area contributed by atoms with E-state index in [9.17, 15) is 0 Å². The van der Waals surface area contributed by atoms with E-state index < -0.39 is 0 Å². The van der Waals surface area contributed by atoms with Gasteiger partial charge in [0.2, 0.25) is 0 Å². The molecular formula is C29H44O.